The lowest BCUT2D eigenvalue weighted by Gasteiger charge is -2.27. The highest BCUT2D eigenvalue weighted by atomic mass is 16.6. The Balaban J connectivity index is 1.67. The van der Waals surface area contributed by atoms with Crippen molar-refractivity contribution in [3.63, 3.8) is 0 Å². The Hall–Kier alpha value is -0.770. The number of carbonyl (C=O) groups excluding carboxylic acids is 1. The molecular weight excluding hydrogens is 264 g/mol. The van der Waals surface area contributed by atoms with E-state index in [4.69, 9.17) is 4.74 Å². The topological polar surface area (TPSA) is 41.6 Å². The van der Waals surface area contributed by atoms with Gasteiger partial charge in [-0.2, -0.15) is 0 Å². The molecule has 0 bridgehead atoms. The highest BCUT2D eigenvalue weighted by molar-refractivity contribution is 5.68. The van der Waals surface area contributed by atoms with Gasteiger partial charge in [0.1, 0.15) is 5.60 Å². The van der Waals surface area contributed by atoms with Gasteiger partial charge in [-0.25, -0.2) is 4.79 Å². The quantitative estimate of drug-likeness (QED) is 0.862. The molecule has 2 fully saturated rings. The predicted molar refractivity (Wildman–Crippen MR) is 85.4 cm³/mol. The standard InChI is InChI=1S/C17H32N2O2/c1-17(2,3)21-16(20)19-12-5-8-15(10-13-19)18-11-9-14-6-4-7-14/h14-15,18H,4-13H2,1-3H3. The van der Waals surface area contributed by atoms with Crippen molar-refractivity contribution >= 4 is 6.09 Å². The third-order valence-corrected chi connectivity index (χ3v) is 4.59. The van der Waals surface area contributed by atoms with Crippen LogP contribution in [0.15, 0.2) is 0 Å². The van der Waals surface area contributed by atoms with E-state index >= 15 is 0 Å². The Kier molecular flexibility index (Phi) is 5.91. The summed E-state index contributed by atoms with van der Waals surface area (Å²) in [6.07, 6.45) is 8.74. The molecule has 1 saturated heterocycles. The number of amides is 1. The van der Waals surface area contributed by atoms with Gasteiger partial charge in [-0.15, -0.1) is 0 Å². The van der Waals surface area contributed by atoms with Crippen LogP contribution in [0, 0.1) is 5.92 Å². The van der Waals surface area contributed by atoms with Gasteiger partial charge in [0, 0.05) is 19.1 Å². The third-order valence-electron chi connectivity index (χ3n) is 4.59. The summed E-state index contributed by atoms with van der Waals surface area (Å²) in [5, 5.41) is 3.69. The van der Waals surface area contributed by atoms with Crippen LogP contribution >= 0.6 is 0 Å². The molecule has 1 heterocycles. The molecule has 21 heavy (non-hydrogen) atoms. The summed E-state index contributed by atoms with van der Waals surface area (Å²) in [5.41, 5.74) is -0.399. The molecule has 0 radical (unpaired) electrons. The van der Waals surface area contributed by atoms with Crippen LogP contribution in [0.5, 0.6) is 0 Å². The average molecular weight is 296 g/mol. The normalized spacial score (nSPS) is 24.3. The lowest BCUT2D eigenvalue weighted by molar-refractivity contribution is 0.0256. The van der Waals surface area contributed by atoms with Crippen molar-refractivity contribution in [2.45, 2.75) is 77.4 Å². The predicted octanol–water partition coefficient (Wildman–Crippen LogP) is 3.56. The maximum absolute atomic E-state index is 12.1. The number of hydrogen-bond acceptors (Lipinski definition) is 3. The van der Waals surface area contributed by atoms with Gasteiger partial charge in [0.25, 0.3) is 0 Å². The van der Waals surface area contributed by atoms with Crippen molar-refractivity contribution < 1.29 is 9.53 Å². The Morgan fingerprint density at radius 2 is 1.90 bits per heavy atom. The van der Waals surface area contributed by atoms with Gasteiger partial charge in [0.2, 0.25) is 0 Å². The first-order chi connectivity index (χ1) is 9.94. The second-order valence-electron chi connectivity index (χ2n) is 7.63. The molecule has 122 valence electrons. The fourth-order valence-electron chi connectivity index (χ4n) is 3.08. The number of carbonyl (C=O) groups is 1. The van der Waals surface area contributed by atoms with Gasteiger partial charge in [0.15, 0.2) is 0 Å². The molecule has 0 aromatic carbocycles. The van der Waals surface area contributed by atoms with Gasteiger partial charge in [-0.05, 0) is 58.9 Å². The van der Waals surface area contributed by atoms with Crippen LogP contribution in [-0.2, 0) is 4.74 Å². The molecule has 1 aliphatic heterocycles. The minimum absolute atomic E-state index is 0.155. The van der Waals surface area contributed by atoms with E-state index in [0.29, 0.717) is 6.04 Å². The lowest BCUT2D eigenvalue weighted by Crippen LogP contribution is -2.38. The first-order valence-electron chi connectivity index (χ1n) is 8.65. The maximum atomic E-state index is 12.1. The summed E-state index contributed by atoms with van der Waals surface area (Å²) in [5.74, 6) is 0.974. The SMILES string of the molecule is CC(C)(C)OC(=O)N1CCCC(NCCC2CCC2)CC1. The second-order valence-corrected chi connectivity index (χ2v) is 7.63. The van der Waals surface area contributed by atoms with Crippen molar-refractivity contribution in [3.8, 4) is 0 Å². The minimum Gasteiger partial charge on any atom is -0.444 e. The molecule has 2 rings (SSSR count). The smallest absolute Gasteiger partial charge is 0.410 e. The third kappa shape index (κ3) is 5.85. The van der Waals surface area contributed by atoms with Crippen LogP contribution < -0.4 is 5.32 Å². The summed E-state index contributed by atoms with van der Waals surface area (Å²) in [4.78, 5) is 14.0. The van der Waals surface area contributed by atoms with E-state index in [0.717, 1.165) is 38.4 Å². The first-order valence-corrected chi connectivity index (χ1v) is 8.65. The molecule has 1 unspecified atom stereocenters. The van der Waals surface area contributed by atoms with E-state index in [2.05, 4.69) is 5.32 Å². The second kappa shape index (κ2) is 7.48. The number of ether oxygens (including phenoxy) is 1. The number of rotatable bonds is 4. The van der Waals surface area contributed by atoms with Crippen molar-refractivity contribution in [2.24, 2.45) is 5.92 Å². The summed E-state index contributed by atoms with van der Waals surface area (Å²) in [7, 11) is 0. The number of nitrogens with one attached hydrogen (secondary N) is 1. The zero-order chi connectivity index (χ0) is 15.3. The Bertz CT molecular complexity index is 334. The molecular formula is C17H32N2O2. The Labute approximate surface area is 129 Å². The van der Waals surface area contributed by atoms with Crippen molar-refractivity contribution in [3.05, 3.63) is 0 Å². The number of likely N-dealkylation sites (tertiary alicyclic amines) is 1. The van der Waals surface area contributed by atoms with E-state index in [1.54, 1.807) is 0 Å². The van der Waals surface area contributed by atoms with E-state index in [-0.39, 0.29) is 6.09 Å². The van der Waals surface area contributed by atoms with E-state index in [1.165, 1.54) is 32.1 Å². The zero-order valence-electron chi connectivity index (χ0n) is 14.0. The van der Waals surface area contributed by atoms with Crippen LogP contribution in [-0.4, -0.2) is 42.3 Å². The van der Waals surface area contributed by atoms with Gasteiger partial charge < -0.3 is 15.0 Å². The summed E-state index contributed by atoms with van der Waals surface area (Å²) in [6.45, 7) is 8.56. The molecule has 0 aromatic rings. The van der Waals surface area contributed by atoms with Crippen molar-refractivity contribution in [2.75, 3.05) is 19.6 Å². The summed E-state index contributed by atoms with van der Waals surface area (Å²) in [6, 6.07) is 0.567. The largest absolute Gasteiger partial charge is 0.444 e. The molecule has 2 aliphatic rings. The molecule has 0 aromatic heterocycles. The van der Waals surface area contributed by atoms with E-state index in [9.17, 15) is 4.79 Å². The van der Waals surface area contributed by atoms with E-state index < -0.39 is 5.60 Å². The lowest BCUT2D eigenvalue weighted by atomic mass is 9.83. The van der Waals surface area contributed by atoms with Crippen LogP contribution in [0.1, 0.15) is 65.7 Å². The Morgan fingerprint density at radius 3 is 2.52 bits per heavy atom. The molecule has 1 saturated carbocycles. The monoisotopic (exact) mass is 296 g/mol. The fourth-order valence-corrected chi connectivity index (χ4v) is 3.08. The van der Waals surface area contributed by atoms with Gasteiger partial charge in [0.05, 0.1) is 0 Å². The van der Waals surface area contributed by atoms with Crippen molar-refractivity contribution in [1.29, 1.82) is 0 Å². The Morgan fingerprint density at radius 1 is 1.14 bits per heavy atom. The average Bonchev–Trinajstić information content (AvgIpc) is 2.55. The summed E-state index contributed by atoms with van der Waals surface area (Å²) < 4.78 is 5.47. The number of hydrogen-bond donors (Lipinski definition) is 1. The fraction of sp³-hybridized carbons (Fsp3) is 0.941. The highest BCUT2D eigenvalue weighted by Gasteiger charge is 2.25. The van der Waals surface area contributed by atoms with Crippen molar-refractivity contribution in [1.82, 2.24) is 10.2 Å². The molecule has 4 heteroatoms. The zero-order valence-corrected chi connectivity index (χ0v) is 14.0. The highest BCUT2D eigenvalue weighted by Crippen LogP contribution is 2.28. The maximum Gasteiger partial charge on any atom is 0.410 e. The minimum atomic E-state index is -0.399. The molecule has 1 amide bonds. The van der Waals surface area contributed by atoms with Crippen LogP contribution in [0.25, 0.3) is 0 Å². The molecule has 1 aliphatic carbocycles. The molecule has 4 nitrogen and oxygen atoms in total. The van der Waals surface area contributed by atoms with Gasteiger partial charge in [-0.1, -0.05) is 19.3 Å². The summed E-state index contributed by atoms with van der Waals surface area (Å²) >= 11 is 0. The number of nitrogens with zero attached hydrogens (tertiary/aromatic N) is 1. The van der Waals surface area contributed by atoms with E-state index in [1.807, 2.05) is 25.7 Å². The van der Waals surface area contributed by atoms with Gasteiger partial charge >= 0.3 is 6.09 Å². The van der Waals surface area contributed by atoms with Crippen LogP contribution in [0.3, 0.4) is 0 Å². The van der Waals surface area contributed by atoms with Gasteiger partial charge in [-0.3, -0.25) is 0 Å². The van der Waals surface area contributed by atoms with Crippen LogP contribution in [0.4, 0.5) is 4.79 Å². The first kappa shape index (κ1) is 16.6. The molecule has 1 N–H and O–H groups in total. The molecule has 1 atom stereocenters. The van der Waals surface area contributed by atoms with Crippen LogP contribution in [0.2, 0.25) is 0 Å². The molecule has 0 spiro atoms.